The van der Waals surface area contributed by atoms with Gasteiger partial charge in [0.25, 0.3) is 0 Å². The molecule has 1 rings (SSSR count). The molecule has 4 heteroatoms. The van der Waals surface area contributed by atoms with Crippen LogP contribution in [-0.2, 0) is 9.53 Å². The molecule has 1 unspecified atom stereocenters. The van der Waals surface area contributed by atoms with Gasteiger partial charge in [0.2, 0.25) is 5.91 Å². The summed E-state index contributed by atoms with van der Waals surface area (Å²) in [5, 5.41) is 2.85. The number of carbonyl (C=O) groups is 1. The van der Waals surface area contributed by atoms with E-state index in [4.69, 9.17) is 4.74 Å². The predicted octanol–water partition coefficient (Wildman–Crippen LogP) is 0.623. The average Bonchev–Trinajstić information content (AvgIpc) is 2.21. The standard InChI is InChI=1S/C11H22N2O2/c1-10-5-3-4-7-13(10)8-6-12-11(14)9-15-2/h10H,3-9H2,1-2H3,(H,12,14). The fourth-order valence-corrected chi connectivity index (χ4v) is 2.01. The maximum atomic E-state index is 11.1. The number of likely N-dealkylation sites (tertiary alicyclic amines) is 1. The molecule has 1 aliphatic rings. The molecular weight excluding hydrogens is 192 g/mol. The molecule has 0 aromatic rings. The minimum atomic E-state index is -0.0258. The lowest BCUT2D eigenvalue weighted by Crippen LogP contribution is -2.42. The molecule has 1 aliphatic heterocycles. The van der Waals surface area contributed by atoms with Crippen molar-refractivity contribution in [1.82, 2.24) is 10.2 Å². The van der Waals surface area contributed by atoms with E-state index < -0.39 is 0 Å². The van der Waals surface area contributed by atoms with E-state index in [1.807, 2.05) is 0 Å². The molecule has 1 atom stereocenters. The molecule has 1 amide bonds. The fraction of sp³-hybridized carbons (Fsp3) is 0.909. The second-order valence-electron chi connectivity index (χ2n) is 4.16. The molecular formula is C11H22N2O2. The lowest BCUT2D eigenvalue weighted by Gasteiger charge is -2.33. The van der Waals surface area contributed by atoms with E-state index in [1.54, 1.807) is 0 Å². The van der Waals surface area contributed by atoms with E-state index >= 15 is 0 Å². The molecule has 0 spiro atoms. The Hall–Kier alpha value is -0.610. The van der Waals surface area contributed by atoms with Gasteiger partial charge in [-0.15, -0.1) is 0 Å². The summed E-state index contributed by atoms with van der Waals surface area (Å²) in [6.45, 7) is 5.27. The first kappa shape index (κ1) is 12.5. The van der Waals surface area contributed by atoms with Crippen LogP contribution in [0.15, 0.2) is 0 Å². The highest BCUT2D eigenvalue weighted by Crippen LogP contribution is 2.15. The summed E-state index contributed by atoms with van der Waals surface area (Å²) in [4.78, 5) is 13.6. The highest BCUT2D eigenvalue weighted by molar-refractivity contribution is 5.77. The number of amides is 1. The quantitative estimate of drug-likeness (QED) is 0.729. The van der Waals surface area contributed by atoms with Gasteiger partial charge in [-0.2, -0.15) is 0 Å². The van der Waals surface area contributed by atoms with Crippen LogP contribution in [0.25, 0.3) is 0 Å². The van der Waals surface area contributed by atoms with Crippen molar-refractivity contribution in [3.05, 3.63) is 0 Å². The van der Waals surface area contributed by atoms with Crippen molar-refractivity contribution < 1.29 is 9.53 Å². The van der Waals surface area contributed by atoms with E-state index in [0.717, 1.165) is 13.1 Å². The number of hydrogen-bond donors (Lipinski definition) is 1. The van der Waals surface area contributed by atoms with Crippen LogP contribution < -0.4 is 5.32 Å². The summed E-state index contributed by atoms with van der Waals surface area (Å²) < 4.78 is 4.74. The summed E-state index contributed by atoms with van der Waals surface area (Å²) in [7, 11) is 1.53. The highest BCUT2D eigenvalue weighted by atomic mass is 16.5. The second-order valence-corrected chi connectivity index (χ2v) is 4.16. The Morgan fingerprint density at radius 2 is 2.33 bits per heavy atom. The Balaban J connectivity index is 2.10. The van der Waals surface area contributed by atoms with Gasteiger partial charge in [-0.05, 0) is 26.3 Å². The van der Waals surface area contributed by atoms with Gasteiger partial charge in [0.1, 0.15) is 6.61 Å². The number of ether oxygens (including phenoxy) is 1. The molecule has 0 aromatic heterocycles. The number of hydrogen-bond acceptors (Lipinski definition) is 3. The molecule has 0 radical (unpaired) electrons. The molecule has 0 aromatic carbocycles. The Kier molecular flexibility index (Phi) is 5.65. The summed E-state index contributed by atoms with van der Waals surface area (Å²) >= 11 is 0. The molecule has 15 heavy (non-hydrogen) atoms. The van der Waals surface area contributed by atoms with Gasteiger partial charge in [0.05, 0.1) is 0 Å². The number of carbonyl (C=O) groups excluding carboxylic acids is 1. The molecule has 1 fully saturated rings. The molecule has 4 nitrogen and oxygen atoms in total. The lowest BCUT2D eigenvalue weighted by atomic mass is 10.0. The third-order valence-electron chi connectivity index (χ3n) is 2.94. The summed E-state index contributed by atoms with van der Waals surface area (Å²) in [5.41, 5.74) is 0. The van der Waals surface area contributed by atoms with Crippen LogP contribution in [0.5, 0.6) is 0 Å². The normalized spacial score (nSPS) is 22.7. The number of nitrogens with one attached hydrogen (secondary N) is 1. The lowest BCUT2D eigenvalue weighted by molar-refractivity contribution is -0.124. The first-order valence-electron chi connectivity index (χ1n) is 5.73. The summed E-state index contributed by atoms with van der Waals surface area (Å²) in [5.74, 6) is -0.0258. The number of methoxy groups -OCH3 is 1. The van der Waals surface area contributed by atoms with Gasteiger partial charge in [0.15, 0.2) is 0 Å². The van der Waals surface area contributed by atoms with Crippen molar-refractivity contribution in [2.75, 3.05) is 33.4 Å². The summed E-state index contributed by atoms with van der Waals surface area (Å²) in [6.07, 6.45) is 3.91. The van der Waals surface area contributed by atoms with Crippen LogP contribution >= 0.6 is 0 Å². The molecule has 88 valence electrons. The zero-order chi connectivity index (χ0) is 11.1. The van der Waals surface area contributed by atoms with Gasteiger partial charge in [-0.3, -0.25) is 9.69 Å². The Labute approximate surface area is 92.0 Å². The third-order valence-corrected chi connectivity index (χ3v) is 2.94. The minimum absolute atomic E-state index is 0.0258. The summed E-state index contributed by atoms with van der Waals surface area (Å²) in [6, 6.07) is 0.665. The zero-order valence-electron chi connectivity index (χ0n) is 9.79. The largest absolute Gasteiger partial charge is 0.375 e. The Morgan fingerprint density at radius 3 is 3.00 bits per heavy atom. The van der Waals surface area contributed by atoms with Crippen LogP contribution in [0.2, 0.25) is 0 Å². The minimum Gasteiger partial charge on any atom is -0.375 e. The van der Waals surface area contributed by atoms with Gasteiger partial charge in [-0.25, -0.2) is 0 Å². The van der Waals surface area contributed by atoms with E-state index in [0.29, 0.717) is 6.04 Å². The number of piperidine rings is 1. The highest BCUT2D eigenvalue weighted by Gasteiger charge is 2.17. The van der Waals surface area contributed by atoms with Crippen LogP contribution in [0.1, 0.15) is 26.2 Å². The molecule has 0 aliphatic carbocycles. The van der Waals surface area contributed by atoms with Crippen LogP contribution in [0.4, 0.5) is 0 Å². The van der Waals surface area contributed by atoms with Crippen molar-refractivity contribution in [2.24, 2.45) is 0 Å². The topological polar surface area (TPSA) is 41.6 Å². The van der Waals surface area contributed by atoms with Crippen molar-refractivity contribution in [3.8, 4) is 0 Å². The monoisotopic (exact) mass is 214 g/mol. The Bertz CT molecular complexity index is 197. The smallest absolute Gasteiger partial charge is 0.246 e. The molecule has 1 N–H and O–H groups in total. The first-order chi connectivity index (χ1) is 7.24. The zero-order valence-corrected chi connectivity index (χ0v) is 9.79. The molecule has 1 heterocycles. The predicted molar refractivity (Wildman–Crippen MR) is 59.8 cm³/mol. The van der Waals surface area contributed by atoms with Crippen molar-refractivity contribution >= 4 is 5.91 Å². The van der Waals surface area contributed by atoms with E-state index in [-0.39, 0.29) is 12.5 Å². The average molecular weight is 214 g/mol. The Morgan fingerprint density at radius 1 is 1.53 bits per heavy atom. The molecule has 1 saturated heterocycles. The second kappa shape index (κ2) is 6.80. The van der Waals surface area contributed by atoms with Crippen molar-refractivity contribution in [2.45, 2.75) is 32.2 Å². The maximum Gasteiger partial charge on any atom is 0.246 e. The van der Waals surface area contributed by atoms with Crippen molar-refractivity contribution in [3.63, 3.8) is 0 Å². The van der Waals surface area contributed by atoms with Crippen molar-refractivity contribution in [1.29, 1.82) is 0 Å². The van der Waals surface area contributed by atoms with Gasteiger partial charge >= 0.3 is 0 Å². The molecule has 0 saturated carbocycles. The maximum absolute atomic E-state index is 11.1. The van der Waals surface area contributed by atoms with E-state index in [9.17, 15) is 4.79 Å². The van der Waals surface area contributed by atoms with Crippen LogP contribution in [0, 0.1) is 0 Å². The van der Waals surface area contributed by atoms with E-state index in [1.165, 1.54) is 32.9 Å². The first-order valence-corrected chi connectivity index (χ1v) is 5.73. The number of rotatable bonds is 5. The van der Waals surface area contributed by atoms with Gasteiger partial charge in [-0.1, -0.05) is 6.42 Å². The van der Waals surface area contributed by atoms with Crippen LogP contribution in [0.3, 0.4) is 0 Å². The van der Waals surface area contributed by atoms with Gasteiger partial charge < -0.3 is 10.1 Å². The fourth-order valence-electron chi connectivity index (χ4n) is 2.01. The SMILES string of the molecule is COCC(=O)NCCN1CCCCC1C. The van der Waals surface area contributed by atoms with Crippen LogP contribution in [-0.4, -0.2) is 50.2 Å². The third kappa shape index (κ3) is 4.62. The van der Waals surface area contributed by atoms with Gasteiger partial charge in [0, 0.05) is 26.2 Å². The van der Waals surface area contributed by atoms with E-state index in [2.05, 4.69) is 17.1 Å². The molecule has 0 bridgehead atoms. The number of nitrogens with zero attached hydrogens (tertiary/aromatic N) is 1.